The van der Waals surface area contributed by atoms with Crippen molar-refractivity contribution in [2.45, 2.75) is 37.7 Å². The molecule has 1 aromatic heterocycles. The molecule has 0 radical (unpaired) electrons. The molecule has 42 heavy (non-hydrogen) atoms. The molecule has 0 saturated heterocycles. The second kappa shape index (κ2) is 12.5. The van der Waals surface area contributed by atoms with Crippen LogP contribution in [0.5, 0.6) is 5.75 Å². The maximum absolute atomic E-state index is 13.2. The number of rotatable bonds is 11. The number of carboxylic acids is 1. The molecule has 1 unspecified atom stereocenters. The molecule has 0 saturated carbocycles. The van der Waals surface area contributed by atoms with Gasteiger partial charge in [-0.1, -0.05) is 30.3 Å². The summed E-state index contributed by atoms with van der Waals surface area (Å²) in [5.41, 5.74) is 2.68. The number of halogens is 6. The Kier molecular flexibility index (Phi) is 9.08. The Morgan fingerprint density at radius 3 is 2.19 bits per heavy atom. The van der Waals surface area contributed by atoms with E-state index in [-0.39, 0.29) is 30.7 Å². The Bertz CT molecular complexity index is 1530. The molecule has 2 N–H and O–H groups in total. The van der Waals surface area contributed by atoms with Gasteiger partial charge in [-0.2, -0.15) is 31.4 Å². The highest BCUT2D eigenvalue weighted by Gasteiger charge is 2.30. The zero-order valence-electron chi connectivity index (χ0n) is 21.9. The van der Waals surface area contributed by atoms with Crippen LogP contribution in [0.4, 0.5) is 26.3 Å². The van der Waals surface area contributed by atoms with E-state index in [1.54, 1.807) is 30.3 Å². The number of nitrogens with zero attached hydrogens (tertiary/aromatic N) is 2. The lowest BCUT2D eigenvalue weighted by atomic mass is 9.99. The summed E-state index contributed by atoms with van der Waals surface area (Å²) < 4.78 is 83.1. The monoisotopic (exact) mass is 593 g/mol. The number of alkyl halides is 6. The van der Waals surface area contributed by atoms with Crippen LogP contribution in [0.1, 0.15) is 41.2 Å². The van der Waals surface area contributed by atoms with Gasteiger partial charge < -0.3 is 15.2 Å². The molecule has 0 spiro atoms. The number of benzene rings is 3. The zero-order valence-corrected chi connectivity index (χ0v) is 21.9. The van der Waals surface area contributed by atoms with E-state index in [9.17, 15) is 35.9 Å². The minimum absolute atomic E-state index is 0.0567. The Morgan fingerprint density at radius 1 is 0.905 bits per heavy atom. The number of aliphatic carboxylic acids is 1. The average Bonchev–Trinajstić information content (AvgIpc) is 3.34. The third kappa shape index (κ3) is 8.24. The summed E-state index contributed by atoms with van der Waals surface area (Å²) in [6.45, 7) is -1.48. The maximum Gasteiger partial charge on any atom is 0.422 e. The predicted molar refractivity (Wildman–Crippen MR) is 141 cm³/mol. The first kappa shape index (κ1) is 30.4. The number of hydrogen-bond acceptors (Lipinski definition) is 4. The minimum atomic E-state index is -4.46. The van der Waals surface area contributed by atoms with Gasteiger partial charge in [0, 0.05) is 23.9 Å². The lowest BCUT2D eigenvalue weighted by Crippen LogP contribution is -2.26. The van der Waals surface area contributed by atoms with E-state index in [0.29, 0.717) is 22.0 Å². The van der Waals surface area contributed by atoms with Gasteiger partial charge in [-0.05, 0) is 59.5 Å². The van der Waals surface area contributed by atoms with E-state index in [1.807, 2.05) is 0 Å². The molecule has 3 aromatic carbocycles. The van der Waals surface area contributed by atoms with Crippen LogP contribution in [0.2, 0.25) is 0 Å². The van der Waals surface area contributed by atoms with E-state index in [4.69, 9.17) is 9.84 Å². The number of carboxylic acid groups (broad SMARTS) is 1. The number of hydrogen-bond donors (Lipinski definition) is 2. The molecule has 0 fully saturated rings. The quantitative estimate of drug-likeness (QED) is 0.187. The number of carbonyl (C=O) groups is 2. The SMILES string of the molecule is O=C(O)CCNC(=O)c1ccc(C(CCC(F)(F)F)n2ncc3cc(-c4ccc(OCC(F)(F)F)cc4)ccc32)cc1. The number of amides is 1. The summed E-state index contributed by atoms with van der Waals surface area (Å²) in [6.07, 6.45) is -8.98. The van der Waals surface area contributed by atoms with Crippen LogP contribution in [0.3, 0.4) is 0 Å². The summed E-state index contributed by atoms with van der Waals surface area (Å²) in [4.78, 5) is 22.9. The van der Waals surface area contributed by atoms with Crippen LogP contribution in [0.15, 0.2) is 72.9 Å². The first-order valence-electron chi connectivity index (χ1n) is 12.7. The molecular weight excluding hydrogens is 568 g/mol. The van der Waals surface area contributed by atoms with E-state index >= 15 is 0 Å². The smallest absolute Gasteiger partial charge is 0.422 e. The Balaban J connectivity index is 1.57. The van der Waals surface area contributed by atoms with Crippen molar-refractivity contribution in [1.29, 1.82) is 0 Å². The van der Waals surface area contributed by atoms with Gasteiger partial charge in [0.15, 0.2) is 6.61 Å². The second-order valence-electron chi connectivity index (χ2n) is 9.48. The van der Waals surface area contributed by atoms with Gasteiger partial charge in [0.25, 0.3) is 5.91 Å². The average molecular weight is 594 g/mol. The van der Waals surface area contributed by atoms with Crippen molar-refractivity contribution in [3.63, 3.8) is 0 Å². The zero-order chi connectivity index (χ0) is 30.5. The maximum atomic E-state index is 13.2. The summed E-state index contributed by atoms with van der Waals surface area (Å²) in [6, 6.07) is 16.4. The van der Waals surface area contributed by atoms with Crippen LogP contribution in [-0.4, -0.2) is 52.3 Å². The fourth-order valence-electron chi connectivity index (χ4n) is 4.36. The summed E-state index contributed by atoms with van der Waals surface area (Å²) in [7, 11) is 0. The Labute approximate surface area is 235 Å². The van der Waals surface area contributed by atoms with Crippen LogP contribution < -0.4 is 10.1 Å². The van der Waals surface area contributed by atoms with Crippen molar-refractivity contribution in [3.8, 4) is 16.9 Å². The fourth-order valence-corrected chi connectivity index (χ4v) is 4.36. The molecule has 222 valence electrons. The molecule has 1 heterocycles. The third-order valence-electron chi connectivity index (χ3n) is 6.36. The normalized spacial score (nSPS) is 12.7. The van der Waals surface area contributed by atoms with Gasteiger partial charge in [0.1, 0.15) is 5.75 Å². The number of aromatic nitrogens is 2. The molecule has 0 aliphatic carbocycles. The van der Waals surface area contributed by atoms with Gasteiger partial charge in [-0.3, -0.25) is 14.3 Å². The van der Waals surface area contributed by atoms with Crippen molar-refractivity contribution in [2.24, 2.45) is 0 Å². The Hall–Kier alpha value is -4.55. The highest BCUT2D eigenvalue weighted by molar-refractivity contribution is 5.94. The molecule has 13 heteroatoms. The molecule has 0 aliphatic rings. The molecule has 0 bridgehead atoms. The summed E-state index contributed by atoms with van der Waals surface area (Å²) >= 11 is 0. The molecule has 4 aromatic rings. The van der Waals surface area contributed by atoms with E-state index < -0.39 is 43.3 Å². The van der Waals surface area contributed by atoms with Gasteiger partial charge >= 0.3 is 18.3 Å². The second-order valence-corrected chi connectivity index (χ2v) is 9.48. The van der Waals surface area contributed by atoms with Gasteiger partial charge in [-0.15, -0.1) is 0 Å². The van der Waals surface area contributed by atoms with Crippen LogP contribution in [0, 0.1) is 0 Å². The van der Waals surface area contributed by atoms with Crippen LogP contribution >= 0.6 is 0 Å². The topological polar surface area (TPSA) is 93.5 Å². The van der Waals surface area contributed by atoms with Gasteiger partial charge in [0.05, 0.1) is 24.2 Å². The first-order chi connectivity index (χ1) is 19.8. The predicted octanol–water partition coefficient (Wildman–Crippen LogP) is 6.78. The van der Waals surface area contributed by atoms with E-state index in [1.165, 1.54) is 47.3 Å². The molecule has 7 nitrogen and oxygen atoms in total. The fraction of sp³-hybridized carbons (Fsp3) is 0.276. The van der Waals surface area contributed by atoms with E-state index in [2.05, 4.69) is 10.4 Å². The van der Waals surface area contributed by atoms with Crippen LogP contribution in [0.25, 0.3) is 22.0 Å². The summed E-state index contributed by atoms with van der Waals surface area (Å²) in [5, 5.41) is 16.2. The van der Waals surface area contributed by atoms with E-state index in [0.717, 1.165) is 5.56 Å². The number of fused-ring (bicyclic) bond motifs is 1. The standard InChI is InChI=1S/C29H25F6N3O4/c30-28(31,32)13-11-25(19-1-3-20(4-2-19)27(41)36-14-12-26(39)40)38-24-10-7-21(15-22(24)16-37-38)18-5-8-23(9-6-18)42-17-29(33,34)35/h1-10,15-16,25H,11-14,17H2,(H,36,41)(H,39,40). The van der Waals surface area contributed by atoms with Gasteiger partial charge in [0.2, 0.25) is 0 Å². The molecule has 1 amide bonds. The lowest BCUT2D eigenvalue weighted by Gasteiger charge is -2.20. The Morgan fingerprint density at radius 2 is 1.57 bits per heavy atom. The minimum Gasteiger partial charge on any atom is -0.484 e. The van der Waals surface area contributed by atoms with Crippen molar-refractivity contribution in [1.82, 2.24) is 15.1 Å². The third-order valence-corrected chi connectivity index (χ3v) is 6.36. The van der Waals surface area contributed by atoms with Crippen molar-refractivity contribution in [2.75, 3.05) is 13.2 Å². The van der Waals surface area contributed by atoms with Crippen LogP contribution in [-0.2, 0) is 4.79 Å². The van der Waals surface area contributed by atoms with Crippen molar-refractivity contribution < 1.29 is 45.8 Å². The van der Waals surface area contributed by atoms with Gasteiger partial charge in [-0.25, -0.2) is 0 Å². The number of carbonyl (C=O) groups excluding carboxylic acids is 1. The molecule has 4 rings (SSSR count). The lowest BCUT2D eigenvalue weighted by molar-refractivity contribution is -0.153. The van der Waals surface area contributed by atoms with Crippen molar-refractivity contribution >= 4 is 22.8 Å². The molecule has 0 aliphatic heterocycles. The number of nitrogens with one attached hydrogen (secondary N) is 1. The summed E-state index contributed by atoms with van der Waals surface area (Å²) in [5.74, 6) is -1.52. The largest absolute Gasteiger partial charge is 0.484 e. The van der Waals surface area contributed by atoms with Crippen molar-refractivity contribution in [3.05, 3.63) is 84.1 Å². The number of ether oxygens (including phenoxy) is 1. The molecule has 1 atom stereocenters. The highest BCUT2D eigenvalue weighted by Crippen LogP contribution is 2.34. The highest BCUT2D eigenvalue weighted by atomic mass is 19.4. The first-order valence-corrected chi connectivity index (χ1v) is 12.7. The molecular formula is C29H25F6N3O4.